The maximum Gasteiger partial charge on any atom is 0.416 e. The van der Waals surface area contributed by atoms with Crippen molar-refractivity contribution in [1.82, 2.24) is 14.5 Å². The van der Waals surface area contributed by atoms with E-state index in [2.05, 4.69) is 5.32 Å². The summed E-state index contributed by atoms with van der Waals surface area (Å²) in [6, 6.07) is 24.7. The zero-order chi connectivity index (χ0) is 29.1. The number of rotatable bonds is 7. The van der Waals surface area contributed by atoms with Crippen molar-refractivity contribution in [3.8, 4) is 5.69 Å². The summed E-state index contributed by atoms with van der Waals surface area (Å²) in [4.78, 5) is 33.3. The van der Waals surface area contributed by atoms with E-state index in [1.54, 1.807) is 22.8 Å². The number of benzene rings is 4. The van der Waals surface area contributed by atoms with Crippen molar-refractivity contribution in [2.45, 2.75) is 26.4 Å². The van der Waals surface area contributed by atoms with Gasteiger partial charge in [-0.2, -0.15) is 13.2 Å². The van der Waals surface area contributed by atoms with Crippen LogP contribution in [0.1, 0.15) is 25.2 Å². The van der Waals surface area contributed by atoms with Gasteiger partial charge in [-0.25, -0.2) is 9.78 Å². The van der Waals surface area contributed by atoms with E-state index in [-0.39, 0.29) is 30.1 Å². The van der Waals surface area contributed by atoms with Gasteiger partial charge in [0, 0.05) is 25.2 Å². The van der Waals surface area contributed by atoms with Crippen molar-refractivity contribution >= 4 is 33.4 Å². The van der Waals surface area contributed by atoms with Gasteiger partial charge >= 0.3 is 12.2 Å². The van der Waals surface area contributed by atoms with E-state index in [9.17, 15) is 22.8 Å². The molecule has 0 aliphatic heterocycles. The molecule has 0 saturated heterocycles. The SMILES string of the molecule is CC(C)CN(CCc1nc2ccccc2c(=O)n1-c1ccc2ccccc2c1)C(=O)Nc1cccc(C(F)(F)F)c1. The third-order valence-corrected chi connectivity index (χ3v) is 6.76. The topological polar surface area (TPSA) is 67.2 Å². The normalized spacial score (nSPS) is 11.8. The molecule has 0 radical (unpaired) electrons. The average molecular weight is 559 g/mol. The Morgan fingerprint density at radius 1 is 0.927 bits per heavy atom. The van der Waals surface area contributed by atoms with Crippen molar-refractivity contribution in [1.29, 1.82) is 0 Å². The van der Waals surface area contributed by atoms with Crippen LogP contribution < -0.4 is 10.9 Å². The lowest BCUT2D eigenvalue weighted by Gasteiger charge is -2.25. The summed E-state index contributed by atoms with van der Waals surface area (Å²) in [6.45, 7) is 4.45. The summed E-state index contributed by atoms with van der Waals surface area (Å²) >= 11 is 0. The summed E-state index contributed by atoms with van der Waals surface area (Å²) in [5.74, 6) is 0.569. The van der Waals surface area contributed by atoms with E-state index in [0.29, 0.717) is 29.0 Å². The van der Waals surface area contributed by atoms with Gasteiger partial charge in [-0.3, -0.25) is 9.36 Å². The zero-order valence-electron chi connectivity index (χ0n) is 22.7. The second-order valence-electron chi connectivity index (χ2n) is 10.3. The largest absolute Gasteiger partial charge is 0.416 e. The molecule has 41 heavy (non-hydrogen) atoms. The Hall–Kier alpha value is -4.66. The number of carbonyl (C=O) groups excluding carboxylic acids is 1. The van der Waals surface area contributed by atoms with Gasteiger partial charge in [0.1, 0.15) is 5.82 Å². The number of aromatic nitrogens is 2. The number of carbonyl (C=O) groups is 1. The lowest BCUT2D eigenvalue weighted by molar-refractivity contribution is -0.137. The Labute approximate surface area is 235 Å². The fourth-order valence-electron chi connectivity index (χ4n) is 4.86. The minimum Gasteiger partial charge on any atom is -0.324 e. The second kappa shape index (κ2) is 11.4. The molecular weight excluding hydrogens is 529 g/mol. The molecule has 0 saturated carbocycles. The molecule has 210 valence electrons. The van der Waals surface area contributed by atoms with Crippen LogP contribution in [0.15, 0.2) is 95.8 Å². The van der Waals surface area contributed by atoms with Crippen LogP contribution in [0.25, 0.3) is 27.4 Å². The summed E-state index contributed by atoms with van der Waals surface area (Å²) < 4.78 is 41.2. The molecule has 0 bridgehead atoms. The number of hydrogen-bond donors (Lipinski definition) is 1. The van der Waals surface area contributed by atoms with Crippen LogP contribution in [0.2, 0.25) is 0 Å². The lowest BCUT2D eigenvalue weighted by Crippen LogP contribution is -2.39. The number of amides is 2. The predicted molar refractivity (Wildman–Crippen MR) is 155 cm³/mol. The zero-order valence-corrected chi connectivity index (χ0v) is 22.7. The molecule has 2 amide bonds. The molecule has 0 aliphatic carbocycles. The first kappa shape index (κ1) is 27.9. The highest BCUT2D eigenvalue weighted by Crippen LogP contribution is 2.30. The number of halogens is 3. The Balaban J connectivity index is 1.48. The van der Waals surface area contributed by atoms with Crippen LogP contribution in [-0.2, 0) is 12.6 Å². The number of nitrogens with zero attached hydrogens (tertiary/aromatic N) is 3. The van der Waals surface area contributed by atoms with Crippen molar-refractivity contribution in [3.05, 3.63) is 113 Å². The van der Waals surface area contributed by atoms with E-state index >= 15 is 0 Å². The molecule has 1 heterocycles. The van der Waals surface area contributed by atoms with E-state index in [4.69, 9.17) is 4.98 Å². The van der Waals surface area contributed by atoms with Crippen LogP contribution in [0.3, 0.4) is 0 Å². The molecule has 0 unspecified atom stereocenters. The average Bonchev–Trinajstić information content (AvgIpc) is 2.94. The molecule has 4 aromatic carbocycles. The van der Waals surface area contributed by atoms with E-state index in [1.807, 2.05) is 62.4 Å². The van der Waals surface area contributed by atoms with E-state index in [1.165, 1.54) is 17.0 Å². The lowest BCUT2D eigenvalue weighted by atomic mass is 10.1. The minimum atomic E-state index is -4.52. The number of anilines is 1. The highest BCUT2D eigenvalue weighted by atomic mass is 19.4. The van der Waals surface area contributed by atoms with E-state index < -0.39 is 17.8 Å². The van der Waals surface area contributed by atoms with Crippen LogP contribution in [0.5, 0.6) is 0 Å². The summed E-state index contributed by atoms with van der Waals surface area (Å²) in [6.07, 6.45) is -4.28. The molecule has 0 atom stereocenters. The molecule has 9 heteroatoms. The quantitative estimate of drug-likeness (QED) is 0.228. The highest BCUT2D eigenvalue weighted by Gasteiger charge is 2.30. The maximum atomic E-state index is 13.7. The van der Waals surface area contributed by atoms with Gasteiger partial charge in [0.2, 0.25) is 0 Å². The van der Waals surface area contributed by atoms with Gasteiger partial charge in [-0.1, -0.05) is 62.4 Å². The Bertz CT molecular complexity index is 1780. The van der Waals surface area contributed by atoms with Crippen LogP contribution in [-0.4, -0.2) is 33.6 Å². The van der Waals surface area contributed by atoms with Gasteiger partial charge in [0.25, 0.3) is 5.56 Å². The standard InChI is InChI=1S/C32H29F3N4O2/c1-21(2)20-38(31(41)36-25-11-7-10-24(19-25)32(33,34)35)17-16-29-37-28-13-6-5-12-27(28)30(40)39(29)26-15-14-22-8-3-4-9-23(22)18-26/h3-15,18-19,21H,16-17,20H2,1-2H3,(H,36,41). The van der Waals surface area contributed by atoms with Crippen molar-refractivity contribution < 1.29 is 18.0 Å². The summed E-state index contributed by atoms with van der Waals surface area (Å²) in [5.41, 5.74) is 0.199. The van der Waals surface area contributed by atoms with Crippen LogP contribution in [0.4, 0.5) is 23.7 Å². The number of urea groups is 1. The highest BCUT2D eigenvalue weighted by molar-refractivity contribution is 5.89. The number of hydrogen-bond acceptors (Lipinski definition) is 3. The maximum absolute atomic E-state index is 13.7. The molecule has 0 spiro atoms. The molecule has 5 aromatic rings. The molecule has 1 N–H and O–H groups in total. The van der Waals surface area contributed by atoms with Gasteiger partial charge in [0.05, 0.1) is 22.2 Å². The van der Waals surface area contributed by atoms with Crippen LogP contribution >= 0.6 is 0 Å². The molecule has 5 rings (SSSR count). The van der Waals surface area contributed by atoms with E-state index in [0.717, 1.165) is 22.9 Å². The van der Waals surface area contributed by atoms with Gasteiger partial charge in [-0.15, -0.1) is 0 Å². The number of para-hydroxylation sites is 1. The minimum absolute atomic E-state index is 0.0514. The van der Waals surface area contributed by atoms with Crippen molar-refractivity contribution in [3.63, 3.8) is 0 Å². The smallest absolute Gasteiger partial charge is 0.324 e. The fraction of sp³-hybridized carbons (Fsp3) is 0.219. The Morgan fingerprint density at radius 3 is 2.41 bits per heavy atom. The molecule has 0 aliphatic rings. The molecule has 1 aromatic heterocycles. The van der Waals surface area contributed by atoms with Crippen molar-refractivity contribution in [2.24, 2.45) is 5.92 Å². The monoisotopic (exact) mass is 558 g/mol. The third kappa shape index (κ3) is 6.24. The first-order valence-electron chi connectivity index (χ1n) is 13.3. The molecule has 6 nitrogen and oxygen atoms in total. The first-order valence-corrected chi connectivity index (χ1v) is 13.3. The van der Waals surface area contributed by atoms with Gasteiger partial charge < -0.3 is 10.2 Å². The van der Waals surface area contributed by atoms with Crippen LogP contribution in [0, 0.1) is 5.92 Å². The Kier molecular flexibility index (Phi) is 7.79. The van der Waals surface area contributed by atoms with Gasteiger partial charge in [-0.05, 0) is 59.2 Å². The fourth-order valence-corrected chi connectivity index (χ4v) is 4.86. The number of alkyl halides is 3. The predicted octanol–water partition coefficient (Wildman–Crippen LogP) is 7.29. The Morgan fingerprint density at radius 2 is 1.66 bits per heavy atom. The second-order valence-corrected chi connectivity index (χ2v) is 10.3. The summed E-state index contributed by atoms with van der Waals surface area (Å²) in [7, 11) is 0. The molecular formula is C32H29F3N4O2. The van der Waals surface area contributed by atoms with Gasteiger partial charge in [0.15, 0.2) is 0 Å². The van der Waals surface area contributed by atoms with Crippen molar-refractivity contribution in [2.75, 3.05) is 18.4 Å². The first-order chi connectivity index (χ1) is 19.6. The third-order valence-electron chi connectivity index (χ3n) is 6.76. The molecule has 0 fully saturated rings. The number of nitrogens with one attached hydrogen (secondary N) is 1. The summed E-state index contributed by atoms with van der Waals surface area (Å²) in [5, 5.41) is 5.09. The number of fused-ring (bicyclic) bond motifs is 2.